The van der Waals surface area contributed by atoms with E-state index in [2.05, 4.69) is 51.1 Å². The largest absolute Gasteiger partial charge is 1.00 e. The number of halogens is 1. The van der Waals surface area contributed by atoms with E-state index in [1.165, 1.54) is 62.7 Å². The van der Waals surface area contributed by atoms with Crippen LogP contribution in [0.3, 0.4) is 0 Å². The maximum Gasteiger partial charge on any atom is -1.00 e. The maximum atomic E-state index is 13.4. The molecule has 1 heterocycles. The summed E-state index contributed by atoms with van der Waals surface area (Å²) >= 11 is 0. The van der Waals surface area contributed by atoms with E-state index in [4.69, 9.17) is 0 Å². The molecule has 1 aromatic carbocycles. The number of hydrogen-bond acceptors (Lipinski definition) is 1. The molecule has 0 N–H and O–H groups in total. The van der Waals surface area contributed by atoms with Gasteiger partial charge in [-0.25, -0.2) is 0 Å². The minimum atomic E-state index is -1.79. The average molecular weight is 444 g/mol. The van der Waals surface area contributed by atoms with Gasteiger partial charge in [-0.1, -0.05) is 0 Å². The molecule has 2 nitrogen and oxygen atoms in total. The predicted molar refractivity (Wildman–Crippen MR) is 115 cm³/mol. The third kappa shape index (κ3) is 4.78. The van der Waals surface area contributed by atoms with Crippen LogP contribution >= 0.6 is 7.41 Å². The summed E-state index contributed by atoms with van der Waals surface area (Å²) in [5, 5.41) is 0. The van der Waals surface area contributed by atoms with Crippen molar-refractivity contribution in [2.45, 2.75) is 72.1 Å². The van der Waals surface area contributed by atoms with Crippen LogP contribution in [0.25, 0.3) is 0 Å². The zero-order valence-electron chi connectivity index (χ0n) is 17.1. The van der Waals surface area contributed by atoms with Crippen molar-refractivity contribution in [2.24, 2.45) is 0 Å². The van der Waals surface area contributed by atoms with Crippen LogP contribution in [0, 0.1) is 0 Å². The molecule has 0 bridgehead atoms. The van der Waals surface area contributed by atoms with Gasteiger partial charge in [0, 0.05) is 0 Å². The molecule has 1 amide bonds. The first-order chi connectivity index (χ1) is 12.2. The molecule has 0 spiro atoms. The van der Waals surface area contributed by atoms with Crippen LogP contribution in [0.2, 0.25) is 0 Å². The molecule has 1 aliphatic heterocycles. The van der Waals surface area contributed by atoms with E-state index in [9.17, 15) is 4.79 Å². The van der Waals surface area contributed by atoms with Crippen molar-refractivity contribution < 1.29 is 21.8 Å². The van der Waals surface area contributed by atoms with Crippen LogP contribution in [0.5, 0.6) is 0 Å². The van der Waals surface area contributed by atoms with Crippen molar-refractivity contribution in [1.29, 1.82) is 0 Å². The fraction of sp³-hybridized carbons (Fsp3) is 0.682. The molecule has 1 fully saturated rings. The molecule has 1 unspecified atom stereocenters. The van der Waals surface area contributed by atoms with Crippen LogP contribution in [0.1, 0.15) is 72.1 Å². The second-order valence-corrected chi connectivity index (χ2v) is 12.6. The Morgan fingerprint density at radius 2 is 1.38 bits per heavy atom. The summed E-state index contributed by atoms with van der Waals surface area (Å²) in [6.07, 6.45) is 13.4. The number of amides is 1. The number of para-hydroxylation sites is 1. The number of hydrogen-bond donors (Lipinski definition) is 0. The van der Waals surface area contributed by atoms with Crippen molar-refractivity contribution in [3.05, 3.63) is 30.3 Å². The van der Waals surface area contributed by atoms with Crippen LogP contribution in [0.15, 0.2) is 30.3 Å². The van der Waals surface area contributed by atoms with E-state index in [1.807, 2.05) is 0 Å². The molecule has 0 saturated carbocycles. The molecule has 0 radical (unpaired) electrons. The minimum absolute atomic E-state index is 0. The van der Waals surface area contributed by atoms with Crippen molar-refractivity contribution >= 4 is 19.0 Å². The Bertz CT molecular complexity index is 514. The number of rotatable bonds is 11. The number of carbonyl (C=O) groups is 1. The fourth-order valence-corrected chi connectivity index (χ4v) is 11.9. The van der Waals surface area contributed by atoms with Gasteiger partial charge in [0.2, 0.25) is 0 Å². The van der Waals surface area contributed by atoms with Crippen LogP contribution in [-0.2, 0) is 4.79 Å². The van der Waals surface area contributed by atoms with Gasteiger partial charge in [-0.2, -0.15) is 0 Å². The Balaban J connectivity index is 0.00000338. The number of nitrogens with zero attached hydrogens (tertiary/aromatic N) is 1. The van der Waals surface area contributed by atoms with Gasteiger partial charge in [-0.15, -0.1) is 0 Å². The van der Waals surface area contributed by atoms with E-state index >= 15 is 0 Å². The molecule has 0 aliphatic carbocycles. The standard InChI is InChI=1S/C22H39NOP.BrH/c1-4-7-18-25(19-8-5-2,20-9-6-3)23(17-13-16-22(23)24)21-14-11-10-12-15-21;/h10-12,14-15,25H,4-9,13,16-20H2,1-3H3;1H/q+1;/p-1. The monoisotopic (exact) mass is 443 g/mol. The van der Waals surface area contributed by atoms with Gasteiger partial charge in [0.1, 0.15) is 0 Å². The number of benzene rings is 1. The molecule has 1 aromatic rings. The first-order valence-corrected chi connectivity index (χ1v) is 13.2. The average Bonchev–Trinajstić information content (AvgIpc) is 3.05. The second kappa shape index (κ2) is 11.6. The summed E-state index contributed by atoms with van der Waals surface area (Å²) in [6.45, 7) is 7.97. The molecule has 26 heavy (non-hydrogen) atoms. The minimum Gasteiger partial charge on any atom is -1.00 e. The summed E-state index contributed by atoms with van der Waals surface area (Å²) in [6, 6.07) is 10.9. The number of carbonyl (C=O) groups excluding carboxylic acids is 1. The van der Waals surface area contributed by atoms with Crippen molar-refractivity contribution in [3.8, 4) is 0 Å². The zero-order chi connectivity index (χ0) is 18.2. The van der Waals surface area contributed by atoms with Crippen LogP contribution in [-0.4, -0.2) is 30.9 Å². The van der Waals surface area contributed by atoms with Gasteiger partial charge >= 0.3 is 156 Å². The first-order valence-electron chi connectivity index (χ1n) is 10.6. The Morgan fingerprint density at radius 1 is 0.885 bits per heavy atom. The van der Waals surface area contributed by atoms with E-state index in [-0.39, 0.29) is 17.0 Å². The third-order valence-corrected chi connectivity index (χ3v) is 12.5. The maximum absolute atomic E-state index is 13.4. The number of unbranched alkanes of at least 4 members (excludes halogenated alkanes) is 3. The van der Waals surface area contributed by atoms with Crippen molar-refractivity contribution in [2.75, 3.05) is 25.0 Å². The topological polar surface area (TPSA) is 17.1 Å². The first kappa shape index (κ1) is 23.8. The van der Waals surface area contributed by atoms with Gasteiger partial charge in [0.15, 0.2) is 0 Å². The molecule has 4 heteroatoms. The molecule has 2 rings (SSSR count). The van der Waals surface area contributed by atoms with Gasteiger partial charge in [-0.3, -0.25) is 0 Å². The number of quaternary nitrogens is 1. The summed E-state index contributed by atoms with van der Waals surface area (Å²) in [4.78, 5) is 13.4. The Hall–Kier alpha value is -0.240. The van der Waals surface area contributed by atoms with E-state index in [0.29, 0.717) is 5.91 Å². The summed E-state index contributed by atoms with van der Waals surface area (Å²) in [7, 11) is -1.79. The predicted octanol–water partition coefficient (Wildman–Crippen LogP) is 3.38. The molecule has 1 atom stereocenters. The van der Waals surface area contributed by atoms with Gasteiger partial charge < -0.3 is 17.0 Å². The molecule has 150 valence electrons. The van der Waals surface area contributed by atoms with Crippen molar-refractivity contribution in [1.82, 2.24) is 4.25 Å². The summed E-state index contributed by atoms with van der Waals surface area (Å²) < 4.78 is 0.772. The van der Waals surface area contributed by atoms with Gasteiger partial charge in [0.05, 0.1) is 0 Å². The summed E-state index contributed by atoms with van der Waals surface area (Å²) in [5.74, 6) is 0.529. The Morgan fingerprint density at radius 3 is 1.77 bits per heavy atom. The van der Waals surface area contributed by atoms with Crippen molar-refractivity contribution in [3.63, 3.8) is 0 Å². The molecular formula is C22H39BrNOP. The Labute approximate surface area is 172 Å². The van der Waals surface area contributed by atoms with E-state index < -0.39 is 7.41 Å². The normalized spacial score (nSPS) is 20.8. The van der Waals surface area contributed by atoms with Crippen LogP contribution in [0.4, 0.5) is 5.69 Å². The third-order valence-electron chi connectivity index (χ3n) is 6.30. The molecule has 1 saturated heterocycles. The Kier molecular flexibility index (Phi) is 10.6. The SMILES string of the molecule is CCCC[PH](CCCC)(CCCC)[N+]1(c2ccccc2)CCCC1=O.[Br-]. The second-order valence-electron chi connectivity index (χ2n) is 7.90. The quantitative estimate of drug-likeness (QED) is 0.479. The van der Waals surface area contributed by atoms with E-state index in [0.717, 1.165) is 23.6 Å². The molecule has 0 aromatic heterocycles. The summed E-state index contributed by atoms with van der Waals surface area (Å²) in [5.41, 5.74) is 1.31. The van der Waals surface area contributed by atoms with E-state index in [1.54, 1.807) is 0 Å². The zero-order valence-corrected chi connectivity index (χ0v) is 19.7. The van der Waals surface area contributed by atoms with Gasteiger partial charge in [0.25, 0.3) is 0 Å². The molecular weight excluding hydrogens is 405 g/mol. The fourth-order valence-electron chi connectivity index (χ4n) is 4.98. The van der Waals surface area contributed by atoms with Gasteiger partial charge in [-0.05, 0) is 0 Å². The molecule has 1 aliphatic rings. The van der Waals surface area contributed by atoms with Crippen LogP contribution < -0.4 is 21.2 Å². The smallest absolute Gasteiger partial charge is 1.00 e.